The van der Waals surface area contributed by atoms with Crippen molar-refractivity contribution in [3.63, 3.8) is 0 Å². The van der Waals surface area contributed by atoms with Crippen LogP contribution in [0.3, 0.4) is 0 Å². The molecule has 0 amide bonds. The van der Waals surface area contributed by atoms with Gasteiger partial charge in [0.2, 0.25) is 0 Å². The Morgan fingerprint density at radius 2 is 2.31 bits per heavy atom. The summed E-state index contributed by atoms with van der Waals surface area (Å²) >= 11 is 0. The molecular weight excluding hydrogens is 196 g/mol. The van der Waals surface area contributed by atoms with Crippen LogP contribution in [0.4, 0.5) is 0 Å². The van der Waals surface area contributed by atoms with E-state index in [2.05, 4.69) is 35.4 Å². The molecule has 3 rings (SSSR count). The molecule has 0 spiro atoms. The van der Waals surface area contributed by atoms with Crippen molar-refractivity contribution in [3.05, 3.63) is 34.9 Å². The third-order valence-electron chi connectivity index (χ3n) is 3.65. The van der Waals surface area contributed by atoms with E-state index in [1.165, 1.54) is 41.8 Å². The summed E-state index contributed by atoms with van der Waals surface area (Å²) in [5, 5.41) is 3.44. The molecule has 0 saturated heterocycles. The topological polar surface area (TPSA) is 24.4 Å². The summed E-state index contributed by atoms with van der Waals surface area (Å²) < 4.78 is 0. The van der Waals surface area contributed by atoms with Gasteiger partial charge in [0.25, 0.3) is 0 Å². The van der Waals surface area contributed by atoms with Crippen molar-refractivity contribution in [2.24, 2.45) is 4.99 Å². The van der Waals surface area contributed by atoms with Gasteiger partial charge in [-0.25, -0.2) is 0 Å². The van der Waals surface area contributed by atoms with Gasteiger partial charge >= 0.3 is 0 Å². The summed E-state index contributed by atoms with van der Waals surface area (Å²) in [6, 6.07) is 6.87. The van der Waals surface area contributed by atoms with Gasteiger partial charge in [-0.15, -0.1) is 0 Å². The fraction of sp³-hybridized carbons (Fsp3) is 0.500. The van der Waals surface area contributed by atoms with Crippen molar-refractivity contribution < 1.29 is 0 Å². The van der Waals surface area contributed by atoms with Gasteiger partial charge in [0.15, 0.2) is 0 Å². The highest BCUT2D eigenvalue weighted by Crippen LogP contribution is 2.33. The Balaban J connectivity index is 2.01. The van der Waals surface area contributed by atoms with E-state index >= 15 is 0 Å². The van der Waals surface area contributed by atoms with Gasteiger partial charge in [-0.3, -0.25) is 4.99 Å². The van der Waals surface area contributed by atoms with E-state index < -0.39 is 0 Å². The maximum absolute atomic E-state index is 4.59. The number of hydrogen-bond acceptors (Lipinski definition) is 2. The Morgan fingerprint density at radius 3 is 3.12 bits per heavy atom. The van der Waals surface area contributed by atoms with Crippen LogP contribution in [0.15, 0.2) is 23.2 Å². The predicted octanol–water partition coefficient (Wildman–Crippen LogP) is 2.42. The Kier molecular flexibility index (Phi) is 2.43. The molecular formula is C14H18N2. The molecule has 1 aliphatic heterocycles. The Bertz CT molecular complexity index is 434. The molecule has 1 atom stereocenters. The molecule has 2 aliphatic rings. The zero-order chi connectivity index (χ0) is 11.0. The van der Waals surface area contributed by atoms with E-state index in [-0.39, 0.29) is 0 Å². The number of fused-ring (bicyclic) bond motifs is 1. The predicted molar refractivity (Wildman–Crippen MR) is 67.2 cm³/mol. The van der Waals surface area contributed by atoms with Crippen LogP contribution in [0, 0.1) is 6.92 Å². The third-order valence-corrected chi connectivity index (χ3v) is 3.65. The minimum Gasteiger partial charge on any atom is -0.371 e. The van der Waals surface area contributed by atoms with Crippen LogP contribution in [0.2, 0.25) is 0 Å². The number of nitrogens with zero attached hydrogens (tertiary/aromatic N) is 1. The maximum atomic E-state index is 4.59. The SMILES string of the molecule is Cc1ccc2c(c1)C(C1=NCCN1)CCC2. The molecule has 0 bridgehead atoms. The van der Waals surface area contributed by atoms with Crippen molar-refractivity contribution in [1.29, 1.82) is 0 Å². The average Bonchev–Trinajstić information content (AvgIpc) is 2.81. The van der Waals surface area contributed by atoms with Crippen LogP contribution >= 0.6 is 0 Å². The van der Waals surface area contributed by atoms with Gasteiger partial charge < -0.3 is 5.32 Å². The summed E-state index contributed by atoms with van der Waals surface area (Å²) in [6.07, 6.45) is 3.78. The first-order valence-corrected chi connectivity index (χ1v) is 6.22. The standard InChI is InChI=1S/C14H18N2/c1-10-5-6-11-3-2-4-12(13(11)9-10)14-15-7-8-16-14/h5-6,9,12H,2-4,7-8H2,1H3,(H,15,16). The molecule has 0 aromatic heterocycles. The maximum Gasteiger partial charge on any atom is 0.104 e. The number of nitrogens with one attached hydrogen (secondary N) is 1. The Hall–Kier alpha value is -1.31. The van der Waals surface area contributed by atoms with E-state index in [9.17, 15) is 0 Å². The summed E-state index contributed by atoms with van der Waals surface area (Å²) in [6.45, 7) is 4.15. The zero-order valence-corrected chi connectivity index (χ0v) is 9.79. The molecule has 0 fully saturated rings. The van der Waals surface area contributed by atoms with E-state index in [0.29, 0.717) is 5.92 Å². The van der Waals surface area contributed by atoms with Crippen molar-refractivity contribution in [2.45, 2.75) is 32.1 Å². The van der Waals surface area contributed by atoms with Crippen LogP contribution in [-0.4, -0.2) is 18.9 Å². The molecule has 84 valence electrons. The molecule has 1 N–H and O–H groups in total. The molecule has 0 radical (unpaired) electrons. The normalized spacial score (nSPS) is 23.6. The lowest BCUT2D eigenvalue weighted by Gasteiger charge is -2.26. The van der Waals surface area contributed by atoms with Crippen molar-refractivity contribution >= 4 is 5.84 Å². The van der Waals surface area contributed by atoms with E-state index in [1.54, 1.807) is 0 Å². The highest BCUT2D eigenvalue weighted by atomic mass is 15.1. The Labute approximate surface area is 96.8 Å². The fourth-order valence-corrected chi connectivity index (χ4v) is 2.85. The van der Waals surface area contributed by atoms with Crippen LogP contribution in [0.5, 0.6) is 0 Å². The largest absolute Gasteiger partial charge is 0.371 e. The summed E-state index contributed by atoms with van der Waals surface area (Å²) in [7, 11) is 0. The molecule has 2 nitrogen and oxygen atoms in total. The van der Waals surface area contributed by atoms with Gasteiger partial charge in [-0.1, -0.05) is 23.8 Å². The van der Waals surface area contributed by atoms with Crippen molar-refractivity contribution in [2.75, 3.05) is 13.1 Å². The number of aryl methyl sites for hydroxylation is 2. The molecule has 1 aromatic carbocycles. The fourth-order valence-electron chi connectivity index (χ4n) is 2.85. The number of rotatable bonds is 1. The molecule has 2 heteroatoms. The van der Waals surface area contributed by atoms with Gasteiger partial charge in [0.1, 0.15) is 5.84 Å². The molecule has 1 unspecified atom stereocenters. The van der Waals surface area contributed by atoms with Crippen molar-refractivity contribution in [1.82, 2.24) is 5.32 Å². The third kappa shape index (κ3) is 1.62. The Morgan fingerprint density at radius 1 is 1.38 bits per heavy atom. The van der Waals surface area contributed by atoms with Crippen molar-refractivity contribution in [3.8, 4) is 0 Å². The van der Waals surface area contributed by atoms with Crippen LogP contribution in [-0.2, 0) is 6.42 Å². The average molecular weight is 214 g/mol. The first-order chi connectivity index (χ1) is 7.84. The smallest absolute Gasteiger partial charge is 0.104 e. The molecule has 1 heterocycles. The van der Waals surface area contributed by atoms with E-state index in [4.69, 9.17) is 0 Å². The molecule has 1 aliphatic carbocycles. The second kappa shape index (κ2) is 3.93. The quantitative estimate of drug-likeness (QED) is 0.763. The van der Waals surface area contributed by atoms with E-state index in [0.717, 1.165) is 13.1 Å². The van der Waals surface area contributed by atoms with Gasteiger partial charge in [0, 0.05) is 12.5 Å². The number of amidine groups is 1. The van der Waals surface area contributed by atoms with E-state index in [1.807, 2.05) is 0 Å². The molecule has 0 saturated carbocycles. The number of aliphatic imine (C=N–C) groups is 1. The highest BCUT2D eigenvalue weighted by molar-refractivity contribution is 5.90. The van der Waals surface area contributed by atoms with Crippen LogP contribution < -0.4 is 5.32 Å². The zero-order valence-electron chi connectivity index (χ0n) is 9.79. The first-order valence-electron chi connectivity index (χ1n) is 6.22. The number of hydrogen-bond donors (Lipinski definition) is 1. The first kappa shape index (κ1) is 9.88. The summed E-state index contributed by atoms with van der Waals surface area (Å²) in [5.74, 6) is 1.76. The monoisotopic (exact) mass is 214 g/mol. The minimum absolute atomic E-state index is 0.533. The minimum atomic E-state index is 0.533. The summed E-state index contributed by atoms with van der Waals surface area (Å²) in [4.78, 5) is 4.59. The lowest BCUT2D eigenvalue weighted by Crippen LogP contribution is -2.28. The lowest BCUT2D eigenvalue weighted by molar-refractivity contribution is 0.641. The second-order valence-corrected chi connectivity index (χ2v) is 4.84. The van der Waals surface area contributed by atoms with Gasteiger partial charge in [0.05, 0.1) is 6.54 Å². The highest BCUT2D eigenvalue weighted by Gasteiger charge is 2.25. The molecule has 16 heavy (non-hydrogen) atoms. The molecule has 1 aromatic rings. The van der Waals surface area contributed by atoms with Gasteiger partial charge in [-0.05, 0) is 37.3 Å². The van der Waals surface area contributed by atoms with Crippen LogP contribution in [0.25, 0.3) is 0 Å². The second-order valence-electron chi connectivity index (χ2n) is 4.84. The lowest BCUT2D eigenvalue weighted by atomic mass is 9.81. The van der Waals surface area contributed by atoms with Gasteiger partial charge in [-0.2, -0.15) is 0 Å². The van der Waals surface area contributed by atoms with Crippen LogP contribution in [0.1, 0.15) is 35.4 Å². The number of benzene rings is 1. The summed E-state index contributed by atoms with van der Waals surface area (Å²) in [5.41, 5.74) is 4.40.